The number of nitrogens with zero attached hydrogens (tertiary/aromatic N) is 9. The Hall–Kier alpha value is -4.90. The van der Waals surface area contributed by atoms with E-state index in [0.29, 0.717) is 151 Å². The summed E-state index contributed by atoms with van der Waals surface area (Å²) in [6.45, 7) is 5.65. The maximum Gasteiger partial charge on any atom is 0.239 e. The number of halogens is 2. The molecule has 4 fully saturated rings. The van der Waals surface area contributed by atoms with Gasteiger partial charge in [-0.25, -0.2) is 41.3 Å². The zero-order valence-electron chi connectivity index (χ0n) is 41.3. The molecule has 3 N–H and O–H groups in total. The molecule has 12 rings (SSSR count). The van der Waals surface area contributed by atoms with Crippen LogP contribution in [0.25, 0.3) is 28.0 Å². The van der Waals surface area contributed by atoms with Gasteiger partial charge in [0.15, 0.2) is 42.8 Å². The number of nitrogens with one attached hydrogen (secondary N) is 3. The summed E-state index contributed by atoms with van der Waals surface area (Å²) in [5.74, 6) is 3.74. The van der Waals surface area contributed by atoms with E-state index in [-0.39, 0.29) is 17.4 Å². The van der Waals surface area contributed by atoms with E-state index in [1.807, 2.05) is 65.1 Å². The standard InChI is InChI=1S/C23H28N6O5S.C15H20ClN3O5S.C8H9N3.CH3I/c1-24-21-25-16-5-3-4-6-17(16)29(21)22-26-19(23(35(2,30)31)7-10-32-11-8-23)18-20(27-22)28-9-12-33-13-15(28)14-34-18;1-25(20,21)15(2-5-22-6-3-15)12-11-13(18-14(16)17-12)19-4-7-23-8-10(19)9-24-11;1-9-8-10-6-4-2-3-5-7(6)11-8;1-2/h3-6,15H,7-14H2,1-2H3,(H,24,25);10H,2-9H2,1H3;2-5H,1H3,(H2,9,10,11);1H3. The van der Waals surface area contributed by atoms with E-state index in [9.17, 15) is 16.8 Å². The molecular weight excluding hydrogens is 1120 g/mol. The Bertz CT molecular complexity index is 3120. The average molecular weight is 1180 g/mol. The number of rotatable bonds is 7. The van der Waals surface area contributed by atoms with Crippen molar-refractivity contribution in [3.63, 3.8) is 0 Å². The van der Waals surface area contributed by atoms with Gasteiger partial charge in [0.05, 0.1) is 60.6 Å². The zero-order chi connectivity index (χ0) is 51.5. The maximum absolute atomic E-state index is 13.4. The molecule has 2 atom stereocenters. The molecular formula is C47H60ClIN12O10S2. The molecule has 4 aromatic heterocycles. The highest BCUT2D eigenvalue weighted by Gasteiger charge is 2.51. The Balaban J connectivity index is 0.000000149. The van der Waals surface area contributed by atoms with Crippen molar-refractivity contribution in [3.05, 3.63) is 65.2 Å². The molecule has 2 aromatic carbocycles. The first-order chi connectivity index (χ1) is 35.2. The van der Waals surface area contributed by atoms with Gasteiger partial charge in [-0.05, 0) is 66.5 Å². The van der Waals surface area contributed by atoms with Crippen molar-refractivity contribution in [1.82, 2.24) is 39.5 Å². The fourth-order valence-electron chi connectivity index (χ4n) is 10.2. The van der Waals surface area contributed by atoms with Crippen LogP contribution < -0.4 is 29.9 Å². The summed E-state index contributed by atoms with van der Waals surface area (Å²) < 4.78 is 85.9. The Morgan fingerprint density at radius 2 is 1.15 bits per heavy atom. The second kappa shape index (κ2) is 22.1. The summed E-state index contributed by atoms with van der Waals surface area (Å²) in [4.78, 5) is 36.8. The highest BCUT2D eigenvalue weighted by atomic mass is 127. The lowest BCUT2D eigenvalue weighted by molar-refractivity contribution is 0.0638. The third kappa shape index (κ3) is 10.2. The minimum atomic E-state index is -3.58. The minimum Gasteiger partial charge on any atom is -0.486 e. The van der Waals surface area contributed by atoms with Crippen molar-refractivity contribution in [2.24, 2.45) is 0 Å². The molecule has 6 aliphatic heterocycles. The summed E-state index contributed by atoms with van der Waals surface area (Å²) in [6, 6.07) is 15.7. The molecule has 0 saturated carbocycles. The van der Waals surface area contributed by atoms with Crippen molar-refractivity contribution < 1.29 is 45.3 Å². The number of hydrogen-bond donors (Lipinski definition) is 3. The molecule has 0 bridgehead atoms. The third-order valence-electron chi connectivity index (χ3n) is 14.0. The smallest absolute Gasteiger partial charge is 0.239 e. The number of morpholine rings is 2. The lowest BCUT2D eigenvalue weighted by Gasteiger charge is -2.43. The van der Waals surface area contributed by atoms with Gasteiger partial charge >= 0.3 is 0 Å². The van der Waals surface area contributed by atoms with Crippen molar-refractivity contribution in [3.8, 4) is 17.4 Å². The molecule has 2 unspecified atom stereocenters. The van der Waals surface area contributed by atoms with Crippen LogP contribution in [0.2, 0.25) is 5.28 Å². The molecule has 0 spiro atoms. The molecule has 394 valence electrons. The highest BCUT2D eigenvalue weighted by molar-refractivity contribution is 14.1. The molecule has 10 heterocycles. The molecule has 73 heavy (non-hydrogen) atoms. The van der Waals surface area contributed by atoms with E-state index >= 15 is 0 Å². The van der Waals surface area contributed by atoms with Gasteiger partial charge in [-0.2, -0.15) is 9.97 Å². The number of anilines is 4. The molecule has 0 aliphatic carbocycles. The molecule has 0 amide bonds. The molecule has 6 aliphatic rings. The first-order valence-corrected chi connectivity index (χ1v) is 30.2. The molecule has 22 nitrogen and oxygen atoms in total. The van der Waals surface area contributed by atoms with E-state index < -0.39 is 29.2 Å². The average Bonchev–Trinajstić information content (AvgIpc) is 4.03. The van der Waals surface area contributed by atoms with Crippen LogP contribution in [0.4, 0.5) is 23.5 Å². The second-order valence-electron chi connectivity index (χ2n) is 18.1. The number of aromatic nitrogens is 8. The summed E-state index contributed by atoms with van der Waals surface area (Å²) >= 11 is 8.33. The van der Waals surface area contributed by atoms with E-state index in [0.717, 1.165) is 28.0 Å². The van der Waals surface area contributed by atoms with Gasteiger partial charge in [0, 0.05) is 66.1 Å². The summed E-state index contributed by atoms with van der Waals surface area (Å²) in [5.41, 5.74) is 4.42. The van der Waals surface area contributed by atoms with Crippen LogP contribution in [0, 0.1) is 0 Å². The number of alkyl halides is 1. The number of hydrogen-bond acceptors (Lipinski definition) is 20. The molecule has 0 radical (unpaired) electrons. The van der Waals surface area contributed by atoms with Gasteiger partial charge in [-0.15, -0.1) is 0 Å². The predicted octanol–water partition coefficient (Wildman–Crippen LogP) is 4.94. The topological polar surface area (TPSA) is 252 Å². The number of ether oxygens (including phenoxy) is 6. The van der Waals surface area contributed by atoms with Crippen molar-refractivity contribution >= 4 is 99.5 Å². The highest BCUT2D eigenvalue weighted by Crippen LogP contribution is 2.49. The van der Waals surface area contributed by atoms with Gasteiger partial charge in [0.1, 0.15) is 34.1 Å². The van der Waals surface area contributed by atoms with Gasteiger partial charge in [-0.3, -0.25) is 0 Å². The number of imidazole rings is 2. The number of aromatic amines is 1. The normalized spacial score (nSPS) is 20.9. The monoisotopic (exact) mass is 1180 g/mol. The first-order valence-electron chi connectivity index (χ1n) is 23.9. The Kier molecular flexibility index (Phi) is 16.0. The van der Waals surface area contributed by atoms with Crippen LogP contribution in [-0.2, 0) is 48.1 Å². The van der Waals surface area contributed by atoms with Gasteiger partial charge in [0.25, 0.3) is 0 Å². The first kappa shape index (κ1) is 52.9. The van der Waals surface area contributed by atoms with E-state index in [4.69, 9.17) is 50.0 Å². The Morgan fingerprint density at radius 1 is 0.630 bits per heavy atom. The summed E-state index contributed by atoms with van der Waals surface area (Å²) in [5, 5.41) is 6.10. The largest absolute Gasteiger partial charge is 0.486 e. The number of fused-ring (bicyclic) bond motifs is 8. The number of H-pyrrole nitrogens is 1. The zero-order valence-corrected chi connectivity index (χ0v) is 45.8. The van der Waals surface area contributed by atoms with Crippen LogP contribution in [0.15, 0.2) is 48.5 Å². The van der Waals surface area contributed by atoms with E-state index in [1.54, 1.807) is 7.05 Å². The molecule has 4 saturated heterocycles. The van der Waals surface area contributed by atoms with Crippen LogP contribution in [-0.4, -0.2) is 179 Å². The second-order valence-corrected chi connectivity index (χ2v) is 23.1. The predicted molar refractivity (Wildman–Crippen MR) is 287 cm³/mol. The lowest BCUT2D eigenvalue weighted by atomic mass is 9.93. The summed E-state index contributed by atoms with van der Waals surface area (Å²) in [7, 11) is -3.42. The fourth-order valence-corrected chi connectivity index (χ4v) is 13.1. The quantitative estimate of drug-likeness (QED) is 0.109. The number of para-hydroxylation sites is 4. The fraction of sp³-hybridized carbons (Fsp3) is 0.532. The Morgan fingerprint density at radius 3 is 1.68 bits per heavy atom. The van der Waals surface area contributed by atoms with Crippen molar-refractivity contribution in [1.29, 1.82) is 0 Å². The van der Waals surface area contributed by atoms with Crippen molar-refractivity contribution in [2.45, 2.75) is 47.3 Å². The Labute approximate surface area is 442 Å². The molecule has 26 heteroatoms. The number of benzene rings is 2. The maximum atomic E-state index is 13.4. The van der Waals surface area contributed by atoms with Crippen LogP contribution >= 0.6 is 34.2 Å². The van der Waals surface area contributed by atoms with Crippen LogP contribution in [0.3, 0.4) is 0 Å². The minimum absolute atomic E-state index is 0.000903. The van der Waals surface area contributed by atoms with Crippen LogP contribution in [0.5, 0.6) is 11.5 Å². The summed E-state index contributed by atoms with van der Waals surface area (Å²) in [6.07, 6.45) is 3.75. The van der Waals surface area contributed by atoms with Crippen LogP contribution in [0.1, 0.15) is 37.1 Å². The van der Waals surface area contributed by atoms with E-state index in [2.05, 4.69) is 67.9 Å². The molecule has 6 aromatic rings. The number of sulfone groups is 2. The lowest BCUT2D eigenvalue weighted by Crippen LogP contribution is -2.52. The van der Waals surface area contributed by atoms with E-state index in [1.165, 1.54) is 12.5 Å². The SMILES string of the molecule is CI.CNc1nc2ccccc2[nH]1.CNc1nc2ccccc2n1-c1nc2c(c(C3(S(C)(=O)=O)CCOCC3)n1)OCC1COCCN21.CS(=O)(=O)C1(c2nc(Cl)nc3c2OCC2COCCN32)CCOCC1. The van der Waals surface area contributed by atoms with Gasteiger partial charge in [-0.1, -0.05) is 46.9 Å². The van der Waals surface area contributed by atoms with Gasteiger partial charge in [0.2, 0.25) is 23.1 Å². The third-order valence-corrected chi connectivity index (χ3v) is 18.2. The van der Waals surface area contributed by atoms with Gasteiger partial charge < -0.3 is 53.8 Å². The van der Waals surface area contributed by atoms with Crippen molar-refractivity contribution in [2.75, 3.05) is 131 Å².